The molecule has 133 heavy (non-hydrogen) atoms. The molecular formula is C97H144N12O24. The number of unbranched alkanes of at least 4 members (excludes halogenated alkanes) is 6. The molecule has 0 saturated carbocycles. The standard InChI is InChI=1S/C97H144N12O24/c1-65-68(4)84(56-104-107-98)131-94(71(65)7)125-59-81(128-91(118)74-29-17-11-18-30-74)42-38-77(110)35-23-14-26-49-101-87(114)46-52-122-62-97(55-80(113)41-45-90(117)121-10,63-123-53-47-88(115)102-50-27-15-24-36-78(111)39-43-82(129-92(119)75-31-19-12-20-32-75)60-126-95-72(8)66(2)69(5)85(132-95)57-105-108-99)64-124-54-48-89(116)103-51-28-16-25-37-79(112)40-44-83(130-93(120)76-33-21-13-22-34-76)61-127-96-73(9)67(3)70(6)86(133-96)58-106-109-100/h11-13,17-22,29-34,65-73,81-86,94-96H,14-16,23-28,35-64H2,1-10H3,(H,101,114)(H,102,115)(H,103,116). The number of carbonyl (C=O) groups excluding carboxylic acids is 11. The molecule has 0 aromatic heterocycles. The number of nitrogens with one attached hydrogen (secondary N) is 3. The van der Waals surface area contributed by atoms with E-state index in [1.165, 1.54) is 7.11 Å². The highest BCUT2D eigenvalue weighted by molar-refractivity contribution is 5.91. The molecule has 0 aliphatic carbocycles. The Labute approximate surface area is 782 Å². The lowest BCUT2D eigenvalue weighted by Crippen LogP contribution is -2.47. The Morgan fingerprint density at radius 2 is 0.654 bits per heavy atom. The second-order valence-electron chi connectivity index (χ2n) is 35.7. The van der Waals surface area contributed by atoms with Gasteiger partial charge in [-0.2, -0.15) is 0 Å². The van der Waals surface area contributed by atoms with E-state index in [2.05, 4.69) is 66.8 Å². The average Bonchev–Trinajstić information content (AvgIpc) is 0.822. The van der Waals surface area contributed by atoms with Gasteiger partial charge < -0.3 is 77.5 Å². The zero-order valence-electron chi connectivity index (χ0n) is 79.5. The van der Waals surface area contributed by atoms with Crippen LogP contribution in [0.15, 0.2) is 106 Å². The topological polar surface area (TPSA) is 490 Å². The smallest absolute Gasteiger partial charge is 0.338 e. The molecule has 18 atom stereocenters. The Hall–Kier alpha value is -9.80. The number of amides is 3. The van der Waals surface area contributed by atoms with Gasteiger partial charge in [0.1, 0.15) is 41.4 Å². The van der Waals surface area contributed by atoms with Gasteiger partial charge in [-0.15, -0.1) is 0 Å². The number of esters is 4. The minimum absolute atomic E-state index is 0.0266. The number of rotatable bonds is 68. The van der Waals surface area contributed by atoms with Gasteiger partial charge in [-0.05, 0) is 146 Å². The van der Waals surface area contributed by atoms with Crippen LogP contribution in [0.5, 0.6) is 0 Å². The number of hydrogen-bond acceptors (Lipinski definition) is 27. The van der Waals surface area contributed by atoms with Crippen molar-refractivity contribution in [2.45, 2.75) is 272 Å². The number of azide groups is 3. The van der Waals surface area contributed by atoms with Crippen LogP contribution >= 0.6 is 0 Å². The van der Waals surface area contributed by atoms with Crippen molar-refractivity contribution in [1.82, 2.24) is 16.0 Å². The summed E-state index contributed by atoms with van der Waals surface area (Å²) in [6.45, 7) is 18.9. The van der Waals surface area contributed by atoms with E-state index in [4.69, 9.17) is 78.2 Å². The Bertz CT molecular complexity index is 3790. The fraction of sp³-hybridized carbons (Fsp3) is 0.701. The van der Waals surface area contributed by atoms with Gasteiger partial charge >= 0.3 is 23.9 Å². The lowest BCUT2D eigenvalue weighted by molar-refractivity contribution is -0.251. The van der Waals surface area contributed by atoms with E-state index in [1.54, 1.807) is 91.0 Å². The van der Waals surface area contributed by atoms with Gasteiger partial charge in [0.15, 0.2) is 18.9 Å². The van der Waals surface area contributed by atoms with Crippen molar-refractivity contribution in [3.63, 3.8) is 0 Å². The van der Waals surface area contributed by atoms with Crippen LogP contribution in [0.4, 0.5) is 0 Å². The maximum Gasteiger partial charge on any atom is 0.338 e. The number of hydrogen-bond donors (Lipinski definition) is 3. The van der Waals surface area contributed by atoms with E-state index in [-0.39, 0.29) is 288 Å². The molecule has 3 fully saturated rings. The summed E-state index contributed by atoms with van der Waals surface area (Å²) in [6.07, 6.45) is 0.697. The molecule has 0 radical (unpaired) electrons. The van der Waals surface area contributed by atoms with Crippen molar-refractivity contribution < 1.29 is 114 Å². The van der Waals surface area contributed by atoms with Crippen LogP contribution < -0.4 is 16.0 Å². The summed E-state index contributed by atoms with van der Waals surface area (Å²) in [5.74, 6) is -2.99. The number of carbonyl (C=O) groups is 11. The van der Waals surface area contributed by atoms with E-state index in [0.717, 1.165) is 0 Å². The van der Waals surface area contributed by atoms with E-state index in [1.807, 2.05) is 41.5 Å². The maximum atomic E-state index is 13.9. The third-order valence-corrected chi connectivity index (χ3v) is 25.8. The second-order valence-corrected chi connectivity index (χ2v) is 35.7. The Kier molecular flexibility index (Phi) is 53.4. The Morgan fingerprint density at radius 1 is 0.361 bits per heavy atom. The number of ether oxygens (including phenoxy) is 13. The summed E-state index contributed by atoms with van der Waals surface area (Å²) in [5, 5.41) is 19.9. The molecule has 6 rings (SSSR count). The van der Waals surface area contributed by atoms with Gasteiger partial charge in [-0.1, -0.05) is 152 Å². The van der Waals surface area contributed by atoms with Crippen molar-refractivity contribution in [3.8, 4) is 0 Å². The number of ketones is 4. The summed E-state index contributed by atoms with van der Waals surface area (Å²) >= 11 is 0. The third kappa shape index (κ3) is 42.8. The number of nitrogens with zero attached hydrogens (tertiary/aromatic N) is 9. The number of benzene rings is 3. The lowest BCUT2D eigenvalue weighted by atomic mass is 9.79. The van der Waals surface area contributed by atoms with Crippen LogP contribution in [-0.4, -0.2) is 226 Å². The molecule has 36 heteroatoms. The van der Waals surface area contributed by atoms with Gasteiger partial charge in [-0.3, -0.25) is 38.4 Å². The number of methoxy groups -OCH3 is 1. The first kappa shape index (κ1) is 112. The molecule has 736 valence electrons. The largest absolute Gasteiger partial charge is 0.469 e. The molecule has 36 nitrogen and oxygen atoms in total. The molecule has 0 bridgehead atoms. The lowest BCUT2D eigenvalue weighted by Gasteiger charge is -2.43. The van der Waals surface area contributed by atoms with E-state index in [9.17, 15) is 52.7 Å². The fourth-order valence-electron chi connectivity index (χ4n) is 16.2. The van der Waals surface area contributed by atoms with Crippen LogP contribution in [-0.2, 0) is 99.9 Å². The molecule has 3 aromatic rings. The molecule has 18 unspecified atom stereocenters. The quantitative estimate of drug-likeness (QED) is 0.0118. The predicted octanol–water partition coefficient (Wildman–Crippen LogP) is 15.7. The van der Waals surface area contributed by atoms with E-state index >= 15 is 0 Å². The first-order valence-electron chi connectivity index (χ1n) is 47.4. The molecule has 3 heterocycles. The van der Waals surface area contributed by atoms with Crippen molar-refractivity contribution in [2.24, 2.45) is 74.0 Å². The first-order chi connectivity index (χ1) is 64.1. The molecule has 0 spiro atoms. The van der Waals surface area contributed by atoms with Gasteiger partial charge in [0.05, 0.1) is 128 Å². The molecule has 3 aromatic carbocycles. The summed E-state index contributed by atoms with van der Waals surface area (Å²) in [4.78, 5) is 154. The Morgan fingerprint density at radius 3 is 0.932 bits per heavy atom. The molecule has 3 saturated heterocycles. The molecular weight excluding hydrogens is 1720 g/mol. The number of Topliss-reactive ketones (excluding diaryl/α,β-unsaturated/α-hetero) is 4. The fourth-order valence-corrected chi connectivity index (χ4v) is 16.2. The van der Waals surface area contributed by atoms with E-state index < -0.39 is 66.5 Å². The normalized spacial score (nSPS) is 22.6. The highest BCUT2D eigenvalue weighted by Crippen LogP contribution is 2.40. The second kappa shape index (κ2) is 63.4. The average molecular weight is 1860 g/mol. The van der Waals surface area contributed by atoms with Gasteiger partial charge in [0.2, 0.25) is 17.7 Å². The predicted molar refractivity (Wildman–Crippen MR) is 492 cm³/mol. The van der Waals surface area contributed by atoms with Crippen LogP contribution in [0.25, 0.3) is 31.3 Å². The van der Waals surface area contributed by atoms with E-state index in [0.29, 0.717) is 94.1 Å². The molecule has 3 aliphatic heterocycles. The van der Waals surface area contributed by atoms with Crippen molar-refractivity contribution in [1.29, 1.82) is 0 Å². The van der Waals surface area contributed by atoms with Crippen LogP contribution in [0.1, 0.15) is 247 Å². The van der Waals surface area contributed by atoms with Crippen molar-refractivity contribution >= 4 is 64.7 Å². The maximum absolute atomic E-state index is 13.9. The first-order valence-corrected chi connectivity index (χ1v) is 47.4. The van der Waals surface area contributed by atoms with Crippen LogP contribution in [0, 0.1) is 58.7 Å². The third-order valence-electron chi connectivity index (χ3n) is 25.8. The van der Waals surface area contributed by atoms with Crippen LogP contribution in [0.3, 0.4) is 0 Å². The molecule has 3 N–H and O–H groups in total. The minimum atomic E-state index is -1.26. The monoisotopic (exact) mass is 1860 g/mol. The van der Waals surface area contributed by atoms with Gasteiger partial charge in [0, 0.05) is 128 Å². The summed E-state index contributed by atoms with van der Waals surface area (Å²) < 4.78 is 78.6. The zero-order chi connectivity index (χ0) is 96.7. The minimum Gasteiger partial charge on any atom is -0.469 e. The Balaban J connectivity index is 0.986. The zero-order valence-corrected chi connectivity index (χ0v) is 79.5. The summed E-state index contributed by atoms with van der Waals surface area (Å²) in [6, 6.07) is 25.6. The van der Waals surface area contributed by atoms with Gasteiger partial charge in [-0.25, -0.2) is 14.4 Å². The van der Waals surface area contributed by atoms with Crippen molar-refractivity contribution in [3.05, 3.63) is 139 Å². The van der Waals surface area contributed by atoms with Crippen molar-refractivity contribution in [2.75, 3.05) is 106 Å². The summed E-state index contributed by atoms with van der Waals surface area (Å²) in [7, 11) is 1.21. The molecule has 3 amide bonds. The SMILES string of the molecule is COC(=O)CCC(=O)CC(COCCC(=O)NCCCCCC(=O)CCC(COC1OC(CN=[N+]=[N-])C(C)C(C)C1C)OC(=O)c1ccccc1)(COCCC(=O)NCCCCCC(=O)CCC(COC1OC(CN=[N+]=[N-])C(C)C(C)C1C)OC(=O)c1ccccc1)COCCC(=O)NCCCCCC(=O)CCC(COC1OC(CN=[N+]=[N-])C(C)C(C)C1C)OC(=O)c1ccccc1. The summed E-state index contributed by atoms with van der Waals surface area (Å²) in [5.41, 5.74) is 26.8. The highest BCUT2D eigenvalue weighted by atomic mass is 16.7. The van der Waals surface area contributed by atoms with Crippen LogP contribution in [0.2, 0.25) is 0 Å². The van der Waals surface area contributed by atoms with Gasteiger partial charge in [0.25, 0.3) is 0 Å². The molecule has 3 aliphatic rings. The highest BCUT2D eigenvalue weighted by Gasteiger charge is 2.44.